The van der Waals surface area contributed by atoms with Crippen LogP contribution in [-0.4, -0.2) is 79.5 Å². The number of pyridine rings is 1. The number of nitrogens with two attached hydrogens (primary N) is 1. The molecule has 12 nitrogen and oxygen atoms in total. The number of carbonyl (C=O) groups excluding carboxylic acids is 1. The zero-order valence-electron chi connectivity index (χ0n) is 27.3. The highest BCUT2D eigenvalue weighted by molar-refractivity contribution is 14.2. The number of halogens is 1. The number of amides is 1. The van der Waals surface area contributed by atoms with Crippen molar-refractivity contribution in [2.24, 2.45) is 17.8 Å². The summed E-state index contributed by atoms with van der Waals surface area (Å²) >= 11 is 2.31. The van der Waals surface area contributed by atoms with Crippen LogP contribution in [0.3, 0.4) is 0 Å². The summed E-state index contributed by atoms with van der Waals surface area (Å²) < 4.78 is 21.4. The molecule has 0 fully saturated rings. The number of rotatable bonds is 12. The van der Waals surface area contributed by atoms with E-state index in [4.69, 9.17) is 30.0 Å². The summed E-state index contributed by atoms with van der Waals surface area (Å²) in [7, 11) is 3.48. The molecule has 0 saturated carbocycles. The second-order valence-electron chi connectivity index (χ2n) is 11.3. The smallest absolute Gasteiger partial charge is 0.410 e. The van der Waals surface area contributed by atoms with E-state index in [2.05, 4.69) is 38.7 Å². The Morgan fingerprint density at radius 2 is 1.98 bits per heavy atom. The maximum Gasteiger partial charge on any atom is 0.410 e. The van der Waals surface area contributed by atoms with Crippen molar-refractivity contribution >= 4 is 57.2 Å². The van der Waals surface area contributed by atoms with Gasteiger partial charge in [-0.2, -0.15) is 10.2 Å². The third-order valence-corrected chi connectivity index (χ3v) is 8.57. The molecule has 0 aromatic carbocycles. The van der Waals surface area contributed by atoms with E-state index in [-0.39, 0.29) is 19.0 Å². The standard InChI is InChI=1S/C30H44IN8O4P/c1-12-22-21-14-23(34-20(6)26(21)39(36-22)44-31)25-19(5)35-37(11)28(25)42-17(3)15-38(29(40)43-30(7,8)9)16-24(33-10)18(4)27(32)41-13-2/h12,14,17,44H,1,13,15-16,32H2,2-11H3/b27-18+,33-24?. The van der Waals surface area contributed by atoms with E-state index in [1.54, 1.807) is 22.7 Å². The lowest BCUT2D eigenvalue weighted by molar-refractivity contribution is 0.0210. The Bertz CT molecular complexity index is 1590. The fourth-order valence-corrected chi connectivity index (χ4v) is 6.32. The largest absolute Gasteiger partial charge is 0.479 e. The van der Waals surface area contributed by atoms with Gasteiger partial charge in [0.2, 0.25) is 5.88 Å². The highest BCUT2D eigenvalue weighted by Gasteiger charge is 2.28. The van der Waals surface area contributed by atoms with Gasteiger partial charge in [0.25, 0.3) is 0 Å². The highest BCUT2D eigenvalue weighted by atomic mass is 127. The number of hydrogen-bond acceptors (Lipinski definition) is 9. The number of hydrogen-bond donors (Lipinski definition) is 1. The van der Waals surface area contributed by atoms with E-state index in [0.29, 0.717) is 30.1 Å². The van der Waals surface area contributed by atoms with Crippen molar-refractivity contribution in [3.8, 4) is 17.1 Å². The zero-order chi connectivity index (χ0) is 32.9. The number of nitrogens with zero attached hydrogens (tertiary/aromatic N) is 7. The summed E-state index contributed by atoms with van der Waals surface area (Å²) in [5.41, 5.74) is 11.6. The molecule has 3 heterocycles. The van der Waals surface area contributed by atoms with E-state index in [9.17, 15) is 4.79 Å². The first kappa shape index (κ1) is 35.3. The highest BCUT2D eigenvalue weighted by Crippen LogP contribution is 2.38. The van der Waals surface area contributed by atoms with Crippen molar-refractivity contribution in [3.05, 3.63) is 41.2 Å². The molecule has 3 aromatic rings. The van der Waals surface area contributed by atoms with Gasteiger partial charge in [-0.15, -0.1) is 0 Å². The van der Waals surface area contributed by atoms with Crippen LogP contribution in [0.1, 0.15) is 58.6 Å². The molecule has 1 amide bonds. The Morgan fingerprint density at radius 3 is 2.55 bits per heavy atom. The number of fused-ring (bicyclic) bond motifs is 1. The molecule has 0 aliphatic rings. The van der Waals surface area contributed by atoms with Gasteiger partial charge in [0.05, 0.1) is 65.6 Å². The molecule has 2 N–H and O–H groups in total. The quantitative estimate of drug-likeness (QED) is 0.101. The van der Waals surface area contributed by atoms with Crippen molar-refractivity contribution in [1.82, 2.24) is 29.2 Å². The molecule has 2 atom stereocenters. The summed E-state index contributed by atoms with van der Waals surface area (Å²) in [5.74, 6) is 0.801. The molecular formula is C30H44IN8O4P. The lowest BCUT2D eigenvalue weighted by Crippen LogP contribution is -2.44. The molecule has 2 unspecified atom stereocenters. The molecule has 3 aromatic heterocycles. The van der Waals surface area contributed by atoms with Gasteiger partial charge in [0, 0.05) is 25.1 Å². The van der Waals surface area contributed by atoms with Crippen LogP contribution in [0.5, 0.6) is 5.88 Å². The van der Waals surface area contributed by atoms with Crippen LogP contribution in [-0.2, 0) is 16.5 Å². The number of carbonyl (C=O) groups is 1. The van der Waals surface area contributed by atoms with Gasteiger partial charge in [-0.1, -0.05) is 6.58 Å². The minimum atomic E-state index is -0.692. The van der Waals surface area contributed by atoms with Gasteiger partial charge < -0.3 is 19.9 Å². The number of aryl methyl sites for hydroxylation is 3. The molecule has 0 aliphatic carbocycles. The summed E-state index contributed by atoms with van der Waals surface area (Å²) in [6.07, 6.45) is 1.23. The molecule has 14 heteroatoms. The second-order valence-corrected chi connectivity index (χ2v) is 13.4. The lowest BCUT2D eigenvalue weighted by atomic mass is 10.1. The molecule has 0 aliphatic heterocycles. The van der Waals surface area contributed by atoms with Crippen molar-refractivity contribution < 1.29 is 19.0 Å². The van der Waals surface area contributed by atoms with Crippen molar-refractivity contribution in [3.63, 3.8) is 0 Å². The van der Waals surface area contributed by atoms with Gasteiger partial charge in [-0.3, -0.25) is 14.9 Å². The van der Waals surface area contributed by atoms with E-state index in [1.807, 2.05) is 73.0 Å². The molecule has 0 radical (unpaired) electrons. The first-order chi connectivity index (χ1) is 20.6. The fraction of sp³-hybridized carbons (Fsp3) is 0.500. The first-order valence-corrected chi connectivity index (χ1v) is 18.3. The SMILES string of the molecule is C=Cc1nn(PI)c2c(C)nc(-c3c(C)nn(C)c3OC(C)CN(CC(=NC)/C(C)=C(\N)OCC)C(=O)OC(C)(C)C)cc12. The molecule has 0 saturated heterocycles. The first-order valence-electron chi connectivity index (χ1n) is 14.3. The Balaban J connectivity index is 1.99. The van der Waals surface area contributed by atoms with Crippen LogP contribution in [0.2, 0.25) is 0 Å². The summed E-state index contributed by atoms with van der Waals surface area (Å²) in [5, 5.41) is 10.3. The third-order valence-electron chi connectivity index (χ3n) is 6.72. The zero-order valence-corrected chi connectivity index (χ0v) is 30.4. The summed E-state index contributed by atoms with van der Waals surface area (Å²) in [4.78, 5) is 24.3. The van der Waals surface area contributed by atoms with Gasteiger partial charge in [0.15, 0.2) is 5.88 Å². The molecular weight excluding hydrogens is 694 g/mol. The predicted octanol–water partition coefficient (Wildman–Crippen LogP) is 6.19. The maximum absolute atomic E-state index is 13.4. The maximum atomic E-state index is 13.4. The summed E-state index contributed by atoms with van der Waals surface area (Å²) in [6, 6.07) is 2.01. The van der Waals surface area contributed by atoms with Gasteiger partial charge >= 0.3 is 6.09 Å². The Hall–Kier alpha value is -3.19. The monoisotopic (exact) mass is 738 g/mol. The Kier molecular flexibility index (Phi) is 11.8. The van der Waals surface area contributed by atoms with Gasteiger partial charge in [-0.05, 0) is 89.6 Å². The second kappa shape index (κ2) is 14.7. The molecule has 240 valence electrons. The number of ether oxygens (including phenoxy) is 3. The lowest BCUT2D eigenvalue weighted by Gasteiger charge is -2.30. The minimum absolute atomic E-state index is 0.152. The van der Waals surface area contributed by atoms with E-state index in [0.717, 1.165) is 39.2 Å². The van der Waals surface area contributed by atoms with E-state index >= 15 is 0 Å². The average molecular weight is 739 g/mol. The van der Waals surface area contributed by atoms with Crippen LogP contribution in [0, 0.1) is 13.8 Å². The van der Waals surface area contributed by atoms with Crippen LogP contribution in [0.25, 0.3) is 28.2 Å². The summed E-state index contributed by atoms with van der Waals surface area (Å²) in [6.45, 7) is 19.7. The van der Waals surface area contributed by atoms with Crippen molar-refractivity contribution in [2.75, 3.05) is 26.7 Å². The number of aliphatic imine (C=N–C) groups is 1. The molecule has 0 spiro atoms. The van der Waals surface area contributed by atoms with Crippen LogP contribution in [0.15, 0.2) is 29.1 Å². The van der Waals surface area contributed by atoms with Crippen LogP contribution in [0.4, 0.5) is 4.79 Å². The normalized spacial score (nSPS) is 13.8. The van der Waals surface area contributed by atoms with Crippen molar-refractivity contribution in [2.45, 2.75) is 67.1 Å². The van der Waals surface area contributed by atoms with Crippen LogP contribution < -0.4 is 10.5 Å². The minimum Gasteiger partial charge on any atom is -0.479 e. The fourth-order valence-electron chi connectivity index (χ4n) is 4.76. The van der Waals surface area contributed by atoms with E-state index in [1.165, 1.54) is 0 Å². The Labute approximate surface area is 274 Å². The molecule has 0 bridgehead atoms. The third kappa shape index (κ3) is 8.09. The predicted molar refractivity (Wildman–Crippen MR) is 187 cm³/mol. The van der Waals surface area contributed by atoms with Crippen molar-refractivity contribution in [1.29, 1.82) is 0 Å². The average Bonchev–Trinajstić information content (AvgIpc) is 3.45. The molecule has 44 heavy (non-hydrogen) atoms. The topological polar surface area (TPSA) is 135 Å². The Morgan fingerprint density at radius 1 is 1.30 bits per heavy atom. The molecule has 3 rings (SSSR count). The van der Waals surface area contributed by atoms with Gasteiger partial charge in [-0.25, -0.2) is 13.9 Å². The number of aromatic nitrogens is 5. The van der Waals surface area contributed by atoms with E-state index < -0.39 is 17.8 Å². The van der Waals surface area contributed by atoms with Gasteiger partial charge in [0.1, 0.15) is 11.7 Å². The van der Waals surface area contributed by atoms with Crippen LogP contribution >= 0.6 is 28.4 Å².